The number of carbonyl (C=O) groups is 1. The third kappa shape index (κ3) is 2.15. The van der Waals surface area contributed by atoms with Gasteiger partial charge in [-0.15, -0.1) is 0 Å². The van der Waals surface area contributed by atoms with Gasteiger partial charge in [0.2, 0.25) is 0 Å². The van der Waals surface area contributed by atoms with Crippen molar-refractivity contribution >= 4 is 17.0 Å². The molecule has 0 fully saturated rings. The van der Waals surface area contributed by atoms with Crippen LogP contribution in [0.3, 0.4) is 0 Å². The van der Waals surface area contributed by atoms with Gasteiger partial charge in [0.05, 0.1) is 11.0 Å². The molecule has 2 aromatic rings. The number of ether oxygens (including phenoxy) is 1. The van der Waals surface area contributed by atoms with Crippen LogP contribution in [0.1, 0.15) is 19.2 Å². The molecule has 0 saturated heterocycles. The number of aromatic nitrogens is 2. The average molecular weight is 204 g/mol. The van der Waals surface area contributed by atoms with Crippen LogP contribution in [-0.4, -0.2) is 15.9 Å². The van der Waals surface area contributed by atoms with E-state index in [4.69, 9.17) is 4.74 Å². The second kappa shape index (κ2) is 4.13. The molecule has 0 bridgehead atoms. The SMILES string of the molecule is CCC(=O)OCc1nc2ccccc2[nH]1. The van der Waals surface area contributed by atoms with E-state index < -0.39 is 0 Å². The fourth-order valence-corrected chi connectivity index (χ4v) is 1.32. The molecule has 0 aliphatic heterocycles. The summed E-state index contributed by atoms with van der Waals surface area (Å²) in [5.74, 6) is 0.466. The van der Waals surface area contributed by atoms with Gasteiger partial charge in [0.15, 0.2) is 0 Å². The maximum atomic E-state index is 10.9. The van der Waals surface area contributed by atoms with Gasteiger partial charge >= 0.3 is 5.97 Å². The quantitative estimate of drug-likeness (QED) is 0.778. The van der Waals surface area contributed by atoms with E-state index in [-0.39, 0.29) is 12.6 Å². The molecule has 0 atom stereocenters. The number of nitrogens with one attached hydrogen (secondary N) is 1. The first-order valence-corrected chi connectivity index (χ1v) is 4.89. The van der Waals surface area contributed by atoms with Crippen LogP contribution in [0.2, 0.25) is 0 Å². The van der Waals surface area contributed by atoms with Crippen molar-refractivity contribution in [3.63, 3.8) is 0 Å². The minimum absolute atomic E-state index is 0.210. The van der Waals surface area contributed by atoms with Gasteiger partial charge in [-0.2, -0.15) is 0 Å². The Labute approximate surface area is 87.3 Å². The van der Waals surface area contributed by atoms with E-state index in [2.05, 4.69) is 9.97 Å². The lowest BCUT2D eigenvalue weighted by Crippen LogP contribution is -2.03. The maximum absolute atomic E-state index is 10.9. The lowest BCUT2D eigenvalue weighted by molar-refractivity contribution is -0.144. The zero-order valence-corrected chi connectivity index (χ0v) is 8.49. The number of H-pyrrole nitrogens is 1. The van der Waals surface area contributed by atoms with E-state index in [0.29, 0.717) is 12.2 Å². The van der Waals surface area contributed by atoms with Crippen LogP contribution in [-0.2, 0) is 16.1 Å². The molecule has 0 aliphatic rings. The number of hydrogen-bond acceptors (Lipinski definition) is 3. The van der Waals surface area contributed by atoms with Gasteiger partial charge in [-0.05, 0) is 12.1 Å². The van der Waals surface area contributed by atoms with Crippen LogP contribution in [0.4, 0.5) is 0 Å². The molecule has 4 heteroatoms. The third-order valence-corrected chi connectivity index (χ3v) is 2.10. The van der Waals surface area contributed by atoms with Gasteiger partial charge in [0.25, 0.3) is 0 Å². The van der Waals surface area contributed by atoms with Gasteiger partial charge in [0, 0.05) is 6.42 Å². The van der Waals surface area contributed by atoms with Crippen molar-refractivity contribution in [1.29, 1.82) is 0 Å². The van der Waals surface area contributed by atoms with Gasteiger partial charge in [0.1, 0.15) is 12.4 Å². The minimum atomic E-state index is -0.213. The van der Waals surface area contributed by atoms with Crippen LogP contribution in [0, 0.1) is 0 Å². The smallest absolute Gasteiger partial charge is 0.305 e. The lowest BCUT2D eigenvalue weighted by atomic mass is 10.3. The summed E-state index contributed by atoms with van der Waals surface area (Å²) >= 11 is 0. The van der Waals surface area contributed by atoms with Crippen molar-refractivity contribution in [2.24, 2.45) is 0 Å². The number of carbonyl (C=O) groups excluding carboxylic acids is 1. The molecule has 1 aromatic heterocycles. The molecule has 1 N–H and O–H groups in total. The Morgan fingerprint density at radius 3 is 3.00 bits per heavy atom. The number of aromatic amines is 1. The number of para-hydroxylation sites is 2. The summed E-state index contributed by atoms with van der Waals surface area (Å²) in [5.41, 5.74) is 1.85. The second-order valence-corrected chi connectivity index (χ2v) is 3.21. The molecule has 15 heavy (non-hydrogen) atoms. The molecular formula is C11H12N2O2. The summed E-state index contributed by atoms with van der Waals surface area (Å²) < 4.78 is 4.97. The average Bonchev–Trinajstić information content (AvgIpc) is 2.68. The largest absolute Gasteiger partial charge is 0.458 e. The first kappa shape index (κ1) is 9.71. The topological polar surface area (TPSA) is 55.0 Å². The molecular weight excluding hydrogens is 192 g/mol. The Bertz CT molecular complexity index is 443. The standard InChI is InChI=1S/C11H12N2O2/c1-2-11(14)15-7-10-12-8-5-3-4-6-9(8)13-10/h3-6H,2,7H2,1H3,(H,12,13). The van der Waals surface area contributed by atoms with Crippen LogP contribution < -0.4 is 0 Å². The number of imidazole rings is 1. The van der Waals surface area contributed by atoms with Crippen LogP contribution >= 0.6 is 0 Å². The number of esters is 1. The van der Waals surface area contributed by atoms with Crippen LogP contribution in [0.15, 0.2) is 24.3 Å². The fraction of sp³-hybridized carbons (Fsp3) is 0.273. The van der Waals surface area contributed by atoms with E-state index >= 15 is 0 Å². The predicted molar refractivity (Wildman–Crippen MR) is 56.2 cm³/mol. The molecule has 0 unspecified atom stereocenters. The summed E-state index contributed by atoms with van der Waals surface area (Å²) in [4.78, 5) is 18.3. The van der Waals surface area contributed by atoms with Crippen molar-refractivity contribution in [2.75, 3.05) is 0 Å². The first-order chi connectivity index (χ1) is 7.29. The highest BCUT2D eigenvalue weighted by Crippen LogP contribution is 2.10. The minimum Gasteiger partial charge on any atom is -0.458 e. The van der Waals surface area contributed by atoms with Crippen molar-refractivity contribution < 1.29 is 9.53 Å². The Balaban J connectivity index is 2.12. The normalized spacial score (nSPS) is 10.5. The Morgan fingerprint density at radius 2 is 2.27 bits per heavy atom. The third-order valence-electron chi connectivity index (χ3n) is 2.10. The maximum Gasteiger partial charge on any atom is 0.305 e. The highest BCUT2D eigenvalue weighted by atomic mass is 16.5. The molecule has 0 amide bonds. The number of hydrogen-bond donors (Lipinski definition) is 1. The highest BCUT2D eigenvalue weighted by molar-refractivity contribution is 5.74. The molecule has 4 nitrogen and oxygen atoms in total. The molecule has 78 valence electrons. The summed E-state index contributed by atoms with van der Waals surface area (Å²) in [6, 6.07) is 7.71. The monoisotopic (exact) mass is 204 g/mol. The first-order valence-electron chi connectivity index (χ1n) is 4.89. The van der Waals surface area contributed by atoms with E-state index in [1.165, 1.54) is 0 Å². The zero-order chi connectivity index (χ0) is 10.7. The van der Waals surface area contributed by atoms with Gasteiger partial charge < -0.3 is 9.72 Å². The number of benzene rings is 1. The molecule has 1 heterocycles. The molecule has 0 spiro atoms. The number of nitrogens with zero attached hydrogens (tertiary/aromatic N) is 1. The van der Waals surface area contributed by atoms with Crippen molar-refractivity contribution in [3.8, 4) is 0 Å². The molecule has 0 aliphatic carbocycles. The number of rotatable bonds is 3. The fourth-order valence-electron chi connectivity index (χ4n) is 1.32. The van der Waals surface area contributed by atoms with Gasteiger partial charge in [-0.3, -0.25) is 4.79 Å². The molecule has 2 rings (SSSR count). The Morgan fingerprint density at radius 1 is 1.47 bits per heavy atom. The lowest BCUT2D eigenvalue weighted by Gasteiger charge is -1.98. The zero-order valence-electron chi connectivity index (χ0n) is 8.49. The second-order valence-electron chi connectivity index (χ2n) is 3.21. The van der Waals surface area contributed by atoms with E-state index in [1.54, 1.807) is 6.92 Å². The van der Waals surface area contributed by atoms with Crippen molar-refractivity contribution in [1.82, 2.24) is 9.97 Å². The van der Waals surface area contributed by atoms with Crippen LogP contribution in [0.5, 0.6) is 0 Å². The molecule has 1 aromatic carbocycles. The Kier molecular flexibility index (Phi) is 2.67. The van der Waals surface area contributed by atoms with Crippen LogP contribution in [0.25, 0.3) is 11.0 Å². The van der Waals surface area contributed by atoms with Gasteiger partial charge in [-0.1, -0.05) is 19.1 Å². The predicted octanol–water partition coefficient (Wildman–Crippen LogP) is 2.02. The summed E-state index contributed by atoms with van der Waals surface area (Å²) in [6.45, 7) is 1.97. The van der Waals surface area contributed by atoms with Crippen molar-refractivity contribution in [2.45, 2.75) is 20.0 Å². The Hall–Kier alpha value is -1.84. The van der Waals surface area contributed by atoms with Crippen molar-refractivity contribution in [3.05, 3.63) is 30.1 Å². The molecule has 0 radical (unpaired) electrons. The molecule has 0 saturated carbocycles. The highest BCUT2D eigenvalue weighted by Gasteiger charge is 2.04. The summed E-state index contributed by atoms with van der Waals surface area (Å²) in [6.07, 6.45) is 0.389. The van der Waals surface area contributed by atoms with E-state index in [0.717, 1.165) is 11.0 Å². The summed E-state index contributed by atoms with van der Waals surface area (Å²) in [5, 5.41) is 0. The summed E-state index contributed by atoms with van der Waals surface area (Å²) in [7, 11) is 0. The van der Waals surface area contributed by atoms with Gasteiger partial charge in [-0.25, -0.2) is 4.98 Å². The van der Waals surface area contributed by atoms with E-state index in [1.807, 2.05) is 24.3 Å². The number of fused-ring (bicyclic) bond motifs is 1. The van der Waals surface area contributed by atoms with E-state index in [9.17, 15) is 4.79 Å².